The Labute approximate surface area is 192 Å². The molecule has 1 aromatic heterocycles. The second kappa shape index (κ2) is 10.2. The largest absolute Gasteiger partial charge is 0.466 e. The Morgan fingerprint density at radius 1 is 0.939 bits per heavy atom. The molecule has 0 saturated carbocycles. The van der Waals surface area contributed by atoms with Crippen molar-refractivity contribution in [2.24, 2.45) is 0 Å². The van der Waals surface area contributed by atoms with E-state index in [-0.39, 0.29) is 11.8 Å². The van der Waals surface area contributed by atoms with Crippen molar-refractivity contribution in [1.29, 1.82) is 0 Å². The van der Waals surface area contributed by atoms with Crippen molar-refractivity contribution in [2.45, 2.75) is 26.7 Å². The molecule has 0 radical (unpaired) electrons. The predicted molar refractivity (Wildman–Crippen MR) is 129 cm³/mol. The van der Waals surface area contributed by atoms with Crippen LogP contribution < -0.4 is 5.32 Å². The molecule has 168 valence electrons. The Hall–Kier alpha value is -3.80. The molecular weight excluding hydrogens is 417 g/mol. The highest BCUT2D eigenvalue weighted by Gasteiger charge is 2.11. The minimum absolute atomic E-state index is 0.229. The molecule has 0 amide bonds. The third-order valence-electron chi connectivity index (χ3n) is 5.34. The molecule has 0 atom stereocenters. The Kier molecular flexibility index (Phi) is 6.93. The van der Waals surface area contributed by atoms with Gasteiger partial charge in [-0.3, -0.25) is 4.79 Å². The third kappa shape index (κ3) is 5.52. The molecule has 33 heavy (non-hydrogen) atoms. The average molecular weight is 444 g/mol. The van der Waals surface area contributed by atoms with Gasteiger partial charge in [0.2, 0.25) is 0 Å². The molecule has 1 N–H and O–H groups in total. The average Bonchev–Trinajstić information content (AvgIpc) is 2.82. The molecule has 0 aliphatic rings. The normalized spacial score (nSPS) is 10.9. The van der Waals surface area contributed by atoms with E-state index in [0.29, 0.717) is 48.5 Å². The number of aromatic nitrogens is 2. The van der Waals surface area contributed by atoms with E-state index in [1.807, 2.05) is 24.3 Å². The standard InChI is InChI=1S/C27H26FN3O2/c1-3-33-25(32)5-4-16-29-27-23-17-22(28)14-15-24(23)30-26(31-27)21-12-10-20(11-13-21)19-8-6-18(2)7-9-19/h6-15,17H,3-5,16H2,1-2H3,(H,29,30,31). The monoisotopic (exact) mass is 443 g/mol. The van der Waals surface area contributed by atoms with Gasteiger partial charge in [-0.1, -0.05) is 54.1 Å². The van der Waals surface area contributed by atoms with Crippen molar-refractivity contribution < 1.29 is 13.9 Å². The van der Waals surface area contributed by atoms with E-state index >= 15 is 0 Å². The minimum atomic E-state index is -0.351. The summed E-state index contributed by atoms with van der Waals surface area (Å²) in [5.41, 5.74) is 4.99. The molecule has 0 aliphatic carbocycles. The highest BCUT2D eigenvalue weighted by molar-refractivity contribution is 5.90. The van der Waals surface area contributed by atoms with Gasteiger partial charge in [0.15, 0.2) is 5.82 Å². The lowest BCUT2D eigenvalue weighted by Crippen LogP contribution is -2.10. The van der Waals surface area contributed by atoms with E-state index < -0.39 is 0 Å². The van der Waals surface area contributed by atoms with Gasteiger partial charge in [0, 0.05) is 23.9 Å². The molecular formula is C27H26FN3O2. The van der Waals surface area contributed by atoms with Gasteiger partial charge < -0.3 is 10.1 Å². The number of fused-ring (bicyclic) bond motifs is 1. The number of esters is 1. The van der Waals surface area contributed by atoms with E-state index in [1.165, 1.54) is 17.7 Å². The summed E-state index contributed by atoms with van der Waals surface area (Å²) in [7, 11) is 0. The van der Waals surface area contributed by atoms with Crippen molar-refractivity contribution in [1.82, 2.24) is 9.97 Å². The van der Waals surface area contributed by atoms with E-state index in [2.05, 4.69) is 46.5 Å². The number of hydrogen-bond donors (Lipinski definition) is 1. The van der Waals surface area contributed by atoms with Crippen LogP contribution in [-0.4, -0.2) is 29.1 Å². The third-order valence-corrected chi connectivity index (χ3v) is 5.34. The van der Waals surface area contributed by atoms with Crippen LogP contribution in [0.1, 0.15) is 25.3 Å². The summed E-state index contributed by atoms with van der Waals surface area (Å²) in [5, 5.41) is 3.84. The molecule has 6 heteroatoms. The van der Waals surface area contributed by atoms with Crippen LogP contribution in [-0.2, 0) is 9.53 Å². The summed E-state index contributed by atoms with van der Waals surface area (Å²) in [5.74, 6) is 0.515. The first-order valence-electron chi connectivity index (χ1n) is 11.1. The number of rotatable bonds is 8. The van der Waals surface area contributed by atoms with Crippen molar-refractivity contribution in [2.75, 3.05) is 18.5 Å². The summed E-state index contributed by atoms with van der Waals surface area (Å²) in [6.07, 6.45) is 0.895. The van der Waals surface area contributed by atoms with Gasteiger partial charge in [0.05, 0.1) is 12.1 Å². The number of anilines is 1. The number of nitrogens with one attached hydrogen (secondary N) is 1. The van der Waals surface area contributed by atoms with Crippen molar-refractivity contribution in [3.63, 3.8) is 0 Å². The molecule has 4 rings (SSSR count). The first-order chi connectivity index (χ1) is 16.0. The highest BCUT2D eigenvalue weighted by atomic mass is 19.1. The fourth-order valence-corrected chi connectivity index (χ4v) is 3.59. The Morgan fingerprint density at radius 2 is 1.61 bits per heavy atom. The Balaban J connectivity index is 1.59. The van der Waals surface area contributed by atoms with Crippen LogP contribution in [0, 0.1) is 12.7 Å². The van der Waals surface area contributed by atoms with Crippen LogP contribution >= 0.6 is 0 Å². The SMILES string of the molecule is CCOC(=O)CCCNc1nc(-c2ccc(-c3ccc(C)cc3)cc2)nc2ccc(F)cc12. The molecule has 5 nitrogen and oxygen atoms in total. The fraction of sp³-hybridized carbons (Fsp3) is 0.222. The number of carbonyl (C=O) groups excluding carboxylic acids is 1. The van der Waals surface area contributed by atoms with E-state index in [0.717, 1.165) is 16.7 Å². The van der Waals surface area contributed by atoms with Crippen molar-refractivity contribution in [3.8, 4) is 22.5 Å². The quantitative estimate of drug-likeness (QED) is 0.261. The zero-order chi connectivity index (χ0) is 23.2. The van der Waals surface area contributed by atoms with Gasteiger partial charge in [-0.05, 0) is 49.6 Å². The Bertz CT molecular complexity index is 1260. The van der Waals surface area contributed by atoms with Crippen LogP contribution in [0.3, 0.4) is 0 Å². The van der Waals surface area contributed by atoms with Gasteiger partial charge in [0.1, 0.15) is 11.6 Å². The summed E-state index contributed by atoms with van der Waals surface area (Å²) >= 11 is 0. The molecule has 3 aromatic carbocycles. The molecule has 1 heterocycles. The number of benzene rings is 3. The second-order valence-electron chi connectivity index (χ2n) is 7.84. The summed E-state index contributed by atoms with van der Waals surface area (Å²) in [6, 6.07) is 20.9. The maximum absolute atomic E-state index is 13.9. The molecule has 4 aromatic rings. The van der Waals surface area contributed by atoms with Crippen molar-refractivity contribution in [3.05, 3.63) is 78.1 Å². The zero-order valence-electron chi connectivity index (χ0n) is 18.8. The smallest absolute Gasteiger partial charge is 0.305 e. The second-order valence-corrected chi connectivity index (χ2v) is 7.84. The van der Waals surface area contributed by atoms with Crippen LogP contribution in [0.5, 0.6) is 0 Å². The number of aryl methyl sites for hydroxylation is 1. The maximum atomic E-state index is 13.9. The van der Waals surface area contributed by atoms with E-state index in [4.69, 9.17) is 4.74 Å². The van der Waals surface area contributed by atoms with E-state index in [9.17, 15) is 9.18 Å². The fourth-order valence-electron chi connectivity index (χ4n) is 3.59. The highest BCUT2D eigenvalue weighted by Crippen LogP contribution is 2.28. The minimum Gasteiger partial charge on any atom is -0.466 e. The van der Waals surface area contributed by atoms with Gasteiger partial charge >= 0.3 is 5.97 Å². The number of ether oxygens (including phenoxy) is 1. The molecule has 0 bridgehead atoms. The lowest BCUT2D eigenvalue weighted by atomic mass is 10.0. The first-order valence-corrected chi connectivity index (χ1v) is 11.1. The van der Waals surface area contributed by atoms with Crippen LogP contribution in [0.25, 0.3) is 33.4 Å². The maximum Gasteiger partial charge on any atom is 0.305 e. The van der Waals surface area contributed by atoms with Gasteiger partial charge in [0.25, 0.3) is 0 Å². The molecule has 0 spiro atoms. The first kappa shape index (κ1) is 22.4. The molecule has 0 aliphatic heterocycles. The number of hydrogen-bond acceptors (Lipinski definition) is 5. The molecule has 0 saturated heterocycles. The summed E-state index contributed by atoms with van der Waals surface area (Å²) in [4.78, 5) is 20.9. The number of carbonyl (C=O) groups is 1. The van der Waals surface area contributed by atoms with Crippen LogP contribution in [0.4, 0.5) is 10.2 Å². The van der Waals surface area contributed by atoms with Crippen LogP contribution in [0.2, 0.25) is 0 Å². The summed E-state index contributed by atoms with van der Waals surface area (Å²) in [6.45, 7) is 4.73. The van der Waals surface area contributed by atoms with Crippen molar-refractivity contribution >= 4 is 22.7 Å². The topological polar surface area (TPSA) is 64.1 Å². The zero-order valence-corrected chi connectivity index (χ0v) is 18.8. The lowest BCUT2D eigenvalue weighted by molar-refractivity contribution is -0.143. The van der Waals surface area contributed by atoms with Gasteiger partial charge in [-0.15, -0.1) is 0 Å². The van der Waals surface area contributed by atoms with Crippen LogP contribution in [0.15, 0.2) is 66.7 Å². The number of nitrogens with zero attached hydrogens (tertiary/aromatic N) is 2. The molecule has 0 unspecified atom stereocenters. The Morgan fingerprint density at radius 3 is 2.30 bits per heavy atom. The predicted octanol–water partition coefficient (Wildman–Crippen LogP) is 6.17. The lowest BCUT2D eigenvalue weighted by Gasteiger charge is -2.12. The van der Waals surface area contributed by atoms with Gasteiger partial charge in [-0.25, -0.2) is 14.4 Å². The summed E-state index contributed by atoms with van der Waals surface area (Å²) < 4.78 is 18.9. The van der Waals surface area contributed by atoms with E-state index in [1.54, 1.807) is 13.0 Å². The van der Waals surface area contributed by atoms with Gasteiger partial charge in [-0.2, -0.15) is 0 Å². The number of halogens is 1. The molecule has 0 fully saturated rings.